The van der Waals surface area contributed by atoms with E-state index in [1.54, 1.807) is 6.21 Å². The number of thiocarbonyl (C=S) groups is 1. The van der Waals surface area contributed by atoms with E-state index in [4.69, 9.17) is 21.7 Å². The molecule has 0 atom stereocenters. The van der Waals surface area contributed by atoms with Crippen LogP contribution < -0.4 is 20.2 Å². The second-order valence-corrected chi connectivity index (χ2v) is 6.25. The summed E-state index contributed by atoms with van der Waals surface area (Å²) < 4.78 is 11.4. The molecule has 5 nitrogen and oxygen atoms in total. The van der Waals surface area contributed by atoms with Gasteiger partial charge in [-0.3, -0.25) is 5.43 Å². The van der Waals surface area contributed by atoms with Crippen LogP contribution in [0, 0.1) is 5.92 Å². The van der Waals surface area contributed by atoms with Gasteiger partial charge in [0.1, 0.15) is 0 Å². The maximum absolute atomic E-state index is 5.78. The van der Waals surface area contributed by atoms with Crippen molar-refractivity contribution in [3.63, 3.8) is 0 Å². The number of nitrogens with one attached hydrogen (secondary N) is 2. The zero-order valence-corrected chi connectivity index (χ0v) is 15.4. The molecule has 0 unspecified atom stereocenters. The predicted octanol–water partition coefficient (Wildman–Crippen LogP) is 3.33. The average Bonchev–Trinajstić information content (AvgIpc) is 2.45. The monoisotopic (exact) mass is 337 g/mol. The van der Waals surface area contributed by atoms with E-state index in [1.165, 1.54) is 0 Å². The summed E-state index contributed by atoms with van der Waals surface area (Å²) in [4.78, 5) is 0. The van der Waals surface area contributed by atoms with E-state index >= 15 is 0 Å². The molecule has 128 valence electrons. The molecule has 0 fully saturated rings. The van der Waals surface area contributed by atoms with E-state index < -0.39 is 0 Å². The van der Waals surface area contributed by atoms with Crippen LogP contribution in [0.25, 0.3) is 0 Å². The van der Waals surface area contributed by atoms with Gasteiger partial charge in [-0.15, -0.1) is 0 Å². The van der Waals surface area contributed by atoms with Gasteiger partial charge in [-0.05, 0) is 62.7 Å². The normalized spacial score (nSPS) is 11.1. The van der Waals surface area contributed by atoms with Gasteiger partial charge in [0.25, 0.3) is 0 Å². The summed E-state index contributed by atoms with van der Waals surface area (Å²) in [5.41, 5.74) is 3.69. The fourth-order valence-electron chi connectivity index (χ4n) is 1.71. The first-order valence-electron chi connectivity index (χ1n) is 7.91. The Bertz CT molecular complexity index is 531. The molecule has 1 aromatic carbocycles. The summed E-state index contributed by atoms with van der Waals surface area (Å²) in [6.45, 7) is 11.4. The summed E-state index contributed by atoms with van der Waals surface area (Å²) in [5.74, 6) is 1.94. The summed E-state index contributed by atoms with van der Waals surface area (Å²) in [6, 6.07) is 6.01. The standard InChI is InChI=1S/C17H27N3O2S/c1-6-21-16-9-14(7-8-15(16)22-11-12(2)3)10-18-20-17(23)19-13(4)5/h7-10,12-13H,6,11H2,1-5H3,(H2,19,20,23)/b18-10-. The molecule has 23 heavy (non-hydrogen) atoms. The highest BCUT2D eigenvalue weighted by molar-refractivity contribution is 7.80. The number of ether oxygens (including phenoxy) is 2. The first-order chi connectivity index (χ1) is 10.9. The van der Waals surface area contributed by atoms with Gasteiger partial charge in [0.15, 0.2) is 16.6 Å². The molecule has 0 bridgehead atoms. The lowest BCUT2D eigenvalue weighted by atomic mass is 10.2. The summed E-state index contributed by atoms with van der Waals surface area (Å²) in [6.07, 6.45) is 1.70. The van der Waals surface area contributed by atoms with Crippen molar-refractivity contribution in [2.75, 3.05) is 13.2 Å². The molecule has 2 N–H and O–H groups in total. The third kappa shape index (κ3) is 7.83. The minimum absolute atomic E-state index is 0.271. The van der Waals surface area contributed by atoms with Gasteiger partial charge in [0.05, 0.1) is 19.4 Å². The first-order valence-corrected chi connectivity index (χ1v) is 8.32. The highest BCUT2D eigenvalue weighted by Crippen LogP contribution is 2.28. The lowest BCUT2D eigenvalue weighted by Gasteiger charge is -2.14. The summed E-state index contributed by atoms with van der Waals surface area (Å²) >= 11 is 5.11. The van der Waals surface area contributed by atoms with Gasteiger partial charge in [-0.25, -0.2) is 0 Å². The zero-order valence-electron chi connectivity index (χ0n) is 14.6. The minimum Gasteiger partial charge on any atom is -0.490 e. The summed E-state index contributed by atoms with van der Waals surface area (Å²) in [7, 11) is 0. The van der Waals surface area contributed by atoms with Gasteiger partial charge in [-0.2, -0.15) is 5.10 Å². The van der Waals surface area contributed by atoms with Crippen LogP contribution in [0.3, 0.4) is 0 Å². The van der Waals surface area contributed by atoms with Crippen LogP contribution >= 0.6 is 12.2 Å². The Hall–Kier alpha value is -1.82. The second-order valence-electron chi connectivity index (χ2n) is 5.84. The van der Waals surface area contributed by atoms with Crippen LogP contribution in [0.4, 0.5) is 0 Å². The Kier molecular flexibility index (Phi) is 8.40. The molecule has 0 spiro atoms. The predicted molar refractivity (Wildman–Crippen MR) is 99.5 cm³/mol. The number of benzene rings is 1. The topological polar surface area (TPSA) is 54.9 Å². The van der Waals surface area contributed by atoms with Crippen molar-refractivity contribution in [2.45, 2.75) is 40.7 Å². The molecular weight excluding hydrogens is 310 g/mol. The molecule has 0 aliphatic carbocycles. The number of hydrazone groups is 1. The fraction of sp³-hybridized carbons (Fsp3) is 0.529. The van der Waals surface area contributed by atoms with Crippen LogP contribution in [0.15, 0.2) is 23.3 Å². The van der Waals surface area contributed by atoms with E-state index in [1.807, 2.05) is 39.0 Å². The first kappa shape index (κ1) is 19.2. The van der Waals surface area contributed by atoms with Crippen molar-refractivity contribution in [3.8, 4) is 11.5 Å². The smallest absolute Gasteiger partial charge is 0.187 e. The molecule has 6 heteroatoms. The third-order valence-corrected chi connectivity index (χ3v) is 2.85. The van der Waals surface area contributed by atoms with Crippen molar-refractivity contribution in [3.05, 3.63) is 23.8 Å². The fourth-order valence-corrected chi connectivity index (χ4v) is 2.00. The third-order valence-electron chi connectivity index (χ3n) is 2.64. The van der Waals surface area contributed by atoms with Crippen LogP contribution in [0.2, 0.25) is 0 Å². The Labute approximate surface area is 144 Å². The largest absolute Gasteiger partial charge is 0.490 e. The molecule has 0 saturated carbocycles. The van der Waals surface area contributed by atoms with Gasteiger partial charge in [0.2, 0.25) is 0 Å². The minimum atomic E-state index is 0.271. The Morgan fingerprint density at radius 2 is 1.96 bits per heavy atom. The Morgan fingerprint density at radius 1 is 1.22 bits per heavy atom. The quantitative estimate of drug-likeness (QED) is 0.433. The van der Waals surface area contributed by atoms with E-state index in [2.05, 4.69) is 29.7 Å². The Morgan fingerprint density at radius 3 is 2.57 bits per heavy atom. The highest BCUT2D eigenvalue weighted by atomic mass is 32.1. The average molecular weight is 337 g/mol. The second kappa shape index (κ2) is 10.0. The molecule has 0 aliphatic heterocycles. The number of hydrogen-bond acceptors (Lipinski definition) is 4. The maximum Gasteiger partial charge on any atom is 0.187 e. The molecule has 1 rings (SSSR count). The van der Waals surface area contributed by atoms with Crippen LogP contribution in [-0.4, -0.2) is 30.6 Å². The summed E-state index contributed by atoms with van der Waals surface area (Å²) in [5, 5.41) is 7.68. The van der Waals surface area contributed by atoms with Crippen LogP contribution in [0.5, 0.6) is 11.5 Å². The molecule has 0 radical (unpaired) electrons. The number of hydrogen-bond donors (Lipinski definition) is 2. The SMILES string of the molecule is CCOc1cc(/C=N\NC(=S)NC(C)C)ccc1OCC(C)C. The van der Waals surface area contributed by atoms with Gasteiger partial charge >= 0.3 is 0 Å². The number of nitrogens with zero attached hydrogens (tertiary/aromatic N) is 1. The molecule has 0 heterocycles. The molecule has 0 saturated heterocycles. The van der Waals surface area contributed by atoms with E-state index in [-0.39, 0.29) is 6.04 Å². The van der Waals surface area contributed by atoms with Crippen molar-refractivity contribution < 1.29 is 9.47 Å². The van der Waals surface area contributed by atoms with E-state index in [9.17, 15) is 0 Å². The van der Waals surface area contributed by atoms with Crippen molar-refractivity contribution in [1.29, 1.82) is 0 Å². The van der Waals surface area contributed by atoms with Crippen molar-refractivity contribution >= 4 is 23.5 Å². The zero-order chi connectivity index (χ0) is 17.2. The van der Waals surface area contributed by atoms with Gasteiger partial charge in [-0.1, -0.05) is 13.8 Å². The van der Waals surface area contributed by atoms with Gasteiger partial charge < -0.3 is 14.8 Å². The molecular formula is C17H27N3O2S. The molecule has 0 amide bonds. The lowest BCUT2D eigenvalue weighted by molar-refractivity contribution is 0.248. The Balaban J connectivity index is 2.72. The molecule has 0 aromatic heterocycles. The maximum atomic E-state index is 5.78. The van der Waals surface area contributed by atoms with Crippen LogP contribution in [-0.2, 0) is 0 Å². The molecule has 1 aromatic rings. The lowest BCUT2D eigenvalue weighted by Crippen LogP contribution is -2.36. The highest BCUT2D eigenvalue weighted by Gasteiger charge is 2.07. The van der Waals surface area contributed by atoms with E-state index in [0.717, 1.165) is 17.1 Å². The van der Waals surface area contributed by atoms with Crippen molar-refractivity contribution in [1.82, 2.24) is 10.7 Å². The van der Waals surface area contributed by atoms with Gasteiger partial charge in [0, 0.05) is 6.04 Å². The van der Waals surface area contributed by atoms with Crippen LogP contribution in [0.1, 0.15) is 40.2 Å². The molecule has 0 aliphatic rings. The van der Waals surface area contributed by atoms with Crippen molar-refractivity contribution in [2.24, 2.45) is 11.0 Å². The van der Waals surface area contributed by atoms with E-state index in [0.29, 0.717) is 24.2 Å². The number of rotatable bonds is 8.